The van der Waals surface area contributed by atoms with E-state index < -0.39 is 0 Å². The summed E-state index contributed by atoms with van der Waals surface area (Å²) in [6.07, 6.45) is 2.31. The Balaban J connectivity index is 1.42. The summed E-state index contributed by atoms with van der Waals surface area (Å²) >= 11 is 8.01. The highest BCUT2D eigenvalue weighted by Crippen LogP contribution is 2.33. The molecule has 5 rings (SSSR count). The van der Waals surface area contributed by atoms with Gasteiger partial charge in [-0.1, -0.05) is 71.0 Å². The molecule has 1 saturated heterocycles. The zero-order chi connectivity index (χ0) is 20.3. The highest BCUT2D eigenvalue weighted by Gasteiger charge is 2.24. The molecule has 2 aromatic carbocycles. The minimum atomic E-state index is 0.489. The van der Waals surface area contributed by atoms with Crippen LogP contribution in [0.3, 0.4) is 0 Å². The lowest BCUT2D eigenvalue weighted by Gasteiger charge is -2.18. The molecule has 4 aromatic rings. The van der Waals surface area contributed by atoms with Gasteiger partial charge in [0.2, 0.25) is 17.7 Å². The van der Waals surface area contributed by atoms with Crippen LogP contribution in [0.25, 0.3) is 17.1 Å². The molecule has 0 saturated carbocycles. The van der Waals surface area contributed by atoms with Crippen molar-refractivity contribution in [3.05, 3.63) is 65.5 Å². The van der Waals surface area contributed by atoms with Gasteiger partial charge in [-0.25, -0.2) is 0 Å². The van der Waals surface area contributed by atoms with Crippen LogP contribution in [0.4, 0.5) is 5.95 Å². The first kappa shape index (κ1) is 19.1. The first-order valence-corrected chi connectivity index (χ1v) is 11.1. The van der Waals surface area contributed by atoms with E-state index in [1.54, 1.807) is 0 Å². The fourth-order valence-electron chi connectivity index (χ4n) is 3.47. The Labute approximate surface area is 183 Å². The second-order valence-corrected chi connectivity index (χ2v) is 8.28. The van der Waals surface area contributed by atoms with Crippen LogP contribution in [-0.4, -0.2) is 38.0 Å². The number of nitrogens with zero attached hydrogens (tertiary/aromatic N) is 6. The third-order valence-electron chi connectivity index (χ3n) is 4.92. The molecular formula is C21H19ClN6OS. The second-order valence-electron chi connectivity index (χ2n) is 6.93. The van der Waals surface area contributed by atoms with Crippen LogP contribution in [0.1, 0.15) is 18.7 Å². The summed E-state index contributed by atoms with van der Waals surface area (Å²) in [5.41, 5.74) is 1.79. The molecule has 0 spiro atoms. The molecule has 1 aliphatic heterocycles. The Hall–Kier alpha value is -2.84. The molecule has 0 radical (unpaired) electrons. The fourth-order valence-corrected chi connectivity index (χ4v) is 4.46. The van der Waals surface area contributed by atoms with Crippen molar-refractivity contribution < 1.29 is 4.52 Å². The Morgan fingerprint density at radius 2 is 1.73 bits per heavy atom. The molecule has 30 heavy (non-hydrogen) atoms. The summed E-state index contributed by atoms with van der Waals surface area (Å²) in [5, 5.41) is 14.4. The van der Waals surface area contributed by atoms with Gasteiger partial charge in [-0.2, -0.15) is 4.98 Å². The van der Waals surface area contributed by atoms with Crippen molar-refractivity contribution in [2.75, 3.05) is 18.0 Å². The van der Waals surface area contributed by atoms with E-state index >= 15 is 0 Å². The van der Waals surface area contributed by atoms with Crippen molar-refractivity contribution in [1.29, 1.82) is 0 Å². The van der Waals surface area contributed by atoms with Gasteiger partial charge in [-0.15, -0.1) is 10.2 Å². The molecule has 9 heteroatoms. The largest absolute Gasteiger partial charge is 0.341 e. The molecule has 0 aliphatic carbocycles. The zero-order valence-electron chi connectivity index (χ0n) is 16.1. The van der Waals surface area contributed by atoms with Crippen LogP contribution in [0, 0.1) is 0 Å². The van der Waals surface area contributed by atoms with Gasteiger partial charge in [0, 0.05) is 18.7 Å². The molecule has 0 unspecified atom stereocenters. The predicted molar refractivity (Wildman–Crippen MR) is 117 cm³/mol. The molecule has 7 nitrogen and oxygen atoms in total. The molecule has 0 atom stereocenters. The van der Waals surface area contributed by atoms with Crippen LogP contribution in [0.2, 0.25) is 5.02 Å². The molecule has 0 N–H and O–H groups in total. The number of thioether (sulfide) groups is 1. The normalized spacial score (nSPS) is 13.8. The number of benzene rings is 2. The lowest BCUT2D eigenvalue weighted by molar-refractivity contribution is 0.391. The fraction of sp³-hybridized carbons (Fsp3) is 0.238. The third kappa shape index (κ3) is 3.80. The number of aromatic nitrogens is 5. The average molecular weight is 439 g/mol. The first-order valence-electron chi connectivity index (χ1n) is 9.75. The number of anilines is 1. The zero-order valence-corrected chi connectivity index (χ0v) is 17.7. The third-order valence-corrected chi connectivity index (χ3v) is 6.16. The molecule has 152 valence electrons. The number of rotatable bonds is 6. The number of halogens is 1. The lowest BCUT2D eigenvalue weighted by atomic mass is 10.2. The second kappa shape index (κ2) is 8.49. The quantitative estimate of drug-likeness (QED) is 0.398. The van der Waals surface area contributed by atoms with Gasteiger partial charge in [0.1, 0.15) is 0 Å². The Bertz CT molecular complexity index is 1140. The van der Waals surface area contributed by atoms with Crippen molar-refractivity contribution in [3.8, 4) is 17.1 Å². The summed E-state index contributed by atoms with van der Waals surface area (Å²) in [4.78, 5) is 6.76. The maximum atomic E-state index is 6.51. The monoisotopic (exact) mass is 438 g/mol. The lowest BCUT2D eigenvalue weighted by Crippen LogP contribution is -2.22. The van der Waals surface area contributed by atoms with Gasteiger partial charge in [0.05, 0.1) is 16.5 Å². The van der Waals surface area contributed by atoms with Gasteiger partial charge in [-0.3, -0.25) is 4.57 Å². The van der Waals surface area contributed by atoms with Gasteiger partial charge in [0.25, 0.3) is 0 Å². The van der Waals surface area contributed by atoms with E-state index in [0.29, 0.717) is 22.5 Å². The van der Waals surface area contributed by atoms with Gasteiger partial charge in [0.15, 0.2) is 5.16 Å². The van der Waals surface area contributed by atoms with E-state index in [2.05, 4.69) is 25.2 Å². The van der Waals surface area contributed by atoms with E-state index in [0.717, 1.165) is 48.3 Å². The highest BCUT2D eigenvalue weighted by atomic mass is 35.5. The number of hydrogen-bond acceptors (Lipinski definition) is 7. The van der Waals surface area contributed by atoms with E-state index in [1.807, 2.05) is 59.2 Å². The van der Waals surface area contributed by atoms with Crippen LogP contribution in [0.5, 0.6) is 0 Å². The molecule has 1 fully saturated rings. The van der Waals surface area contributed by atoms with E-state index in [1.165, 1.54) is 11.8 Å². The molecule has 0 bridgehead atoms. The van der Waals surface area contributed by atoms with Crippen molar-refractivity contribution in [1.82, 2.24) is 24.9 Å². The van der Waals surface area contributed by atoms with Gasteiger partial charge < -0.3 is 9.42 Å². The summed E-state index contributed by atoms with van der Waals surface area (Å²) in [6.45, 7) is 1.94. The van der Waals surface area contributed by atoms with E-state index in [4.69, 9.17) is 16.1 Å². The van der Waals surface area contributed by atoms with E-state index in [9.17, 15) is 0 Å². The summed E-state index contributed by atoms with van der Waals surface area (Å²) < 4.78 is 7.46. The Morgan fingerprint density at radius 1 is 0.967 bits per heavy atom. The molecular weight excluding hydrogens is 420 g/mol. The van der Waals surface area contributed by atoms with Crippen LogP contribution >= 0.6 is 23.4 Å². The minimum absolute atomic E-state index is 0.489. The molecule has 2 aromatic heterocycles. The topological polar surface area (TPSA) is 72.9 Å². The predicted octanol–water partition coefficient (Wildman–Crippen LogP) is 4.86. The van der Waals surface area contributed by atoms with Crippen LogP contribution in [-0.2, 0) is 5.75 Å². The smallest absolute Gasteiger partial charge is 0.237 e. The van der Waals surface area contributed by atoms with Crippen LogP contribution < -0.4 is 4.90 Å². The maximum absolute atomic E-state index is 6.51. The first-order chi connectivity index (χ1) is 14.8. The summed E-state index contributed by atoms with van der Waals surface area (Å²) in [5.74, 6) is 2.42. The molecule has 1 aliphatic rings. The maximum Gasteiger partial charge on any atom is 0.237 e. The summed E-state index contributed by atoms with van der Waals surface area (Å²) in [7, 11) is 0. The van der Waals surface area contributed by atoms with Crippen LogP contribution in [0.15, 0.2) is 64.3 Å². The molecule has 3 heterocycles. The number of hydrogen-bond donors (Lipinski definition) is 0. The average Bonchev–Trinajstić information content (AvgIpc) is 3.53. The van der Waals surface area contributed by atoms with Crippen molar-refractivity contribution >= 4 is 29.3 Å². The van der Waals surface area contributed by atoms with Gasteiger partial charge in [-0.05, 0) is 25.0 Å². The SMILES string of the molecule is Clc1ccccc1-n1c(SCc2nc(-c3ccccc3)no2)nnc1N1CCCC1. The highest BCUT2D eigenvalue weighted by molar-refractivity contribution is 7.98. The van der Waals surface area contributed by atoms with Crippen molar-refractivity contribution in [3.63, 3.8) is 0 Å². The Morgan fingerprint density at radius 3 is 2.53 bits per heavy atom. The summed E-state index contributed by atoms with van der Waals surface area (Å²) in [6, 6.07) is 17.5. The Kier molecular flexibility index (Phi) is 5.42. The minimum Gasteiger partial charge on any atom is -0.341 e. The van der Waals surface area contributed by atoms with Crippen molar-refractivity contribution in [2.24, 2.45) is 0 Å². The van der Waals surface area contributed by atoms with Gasteiger partial charge >= 0.3 is 0 Å². The number of para-hydroxylation sites is 1. The standard InChI is InChI=1S/C21H19ClN6OS/c22-16-10-4-5-11-17(16)28-20(27-12-6-7-13-27)24-25-21(28)30-14-18-23-19(26-29-18)15-8-2-1-3-9-15/h1-5,8-11H,6-7,12-14H2. The van der Waals surface area contributed by atoms with Crippen molar-refractivity contribution in [2.45, 2.75) is 23.8 Å². The molecule has 0 amide bonds. The van der Waals surface area contributed by atoms with E-state index in [-0.39, 0.29) is 0 Å².